The van der Waals surface area contributed by atoms with Crippen molar-refractivity contribution in [1.29, 1.82) is 0 Å². The Morgan fingerprint density at radius 1 is 1.24 bits per heavy atom. The highest BCUT2D eigenvalue weighted by Crippen LogP contribution is 2.28. The van der Waals surface area contributed by atoms with Gasteiger partial charge in [-0.3, -0.25) is 9.69 Å². The number of fused-ring (bicyclic) bond motifs is 1. The Morgan fingerprint density at radius 3 is 2.80 bits per heavy atom. The van der Waals surface area contributed by atoms with Crippen molar-refractivity contribution in [2.24, 2.45) is 0 Å². The van der Waals surface area contributed by atoms with Crippen LogP contribution < -0.4 is 10.6 Å². The first-order chi connectivity index (χ1) is 12.2. The summed E-state index contributed by atoms with van der Waals surface area (Å²) in [6, 6.07) is 0.284. The van der Waals surface area contributed by atoms with Gasteiger partial charge >= 0.3 is 0 Å². The molecule has 7 nitrogen and oxygen atoms in total. The van der Waals surface area contributed by atoms with E-state index in [-0.39, 0.29) is 11.9 Å². The predicted molar refractivity (Wildman–Crippen MR) is 96.4 cm³/mol. The molecule has 3 aliphatic heterocycles. The van der Waals surface area contributed by atoms with E-state index in [2.05, 4.69) is 15.5 Å². The summed E-state index contributed by atoms with van der Waals surface area (Å²) >= 11 is 0. The Labute approximate surface area is 149 Å². The summed E-state index contributed by atoms with van der Waals surface area (Å²) in [5.74, 6) is 2.11. The molecule has 0 aromatic carbocycles. The zero-order valence-electron chi connectivity index (χ0n) is 15.1. The third-order valence-corrected chi connectivity index (χ3v) is 5.58. The van der Waals surface area contributed by atoms with Crippen LogP contribution in [0.15, 0.2) is 0 Å². The van der Waals surface area contributed by atoms with Crippen molar-refractivity contribution in [1.82, 2.24) is 25.1 Å². The number of anilines is 1. The lowest BCUT2D eigenvalue weighted by atomic mass is 10.0. The monoisotopic (exact) mass is 344 g/mol. The molecular formula is C18H28N6O. The number of rotatable bonds is 4. The van der Waals surface area contributed by atoms with Crippen molar-refractivity contribution in [2.45, 2.75) is 44.7 Å². The van der Waals surface area contributed by atoms with Gasteiger partial charge in [-0.25, -0.2) is 9.97 Å². The van der Waals surface area contributed by atoms with Crippen LogP contribution in [0.1, 0.15) is 48.8 Å². The topological polar surface area (TPSA) is 73.4 Å². The van der Waals surface area contributed by atoms with Gasteiger partial charge in [0.25, 0.3) is 0 Å². The number of nitrogens with zero attached hydrogens (tertiary/aromatic N) is 4. The minimum absolute atomic E-state index is 0.264. The van der Waals surface area contributed by atoms with Crippen LogP contribution in [0.3, 0.4) is 0 Å². The molecule has 0 saturated carbocycles. The zero-order valence-corrected chi connectivity index (χ0v) is 15.1. The van der Waals surface area contributed by atoms with E-state index < -0.39 is 0 Å². The molecule has 0 aliphatic carbocycles. The average molecular weight is 344 g/mol. The van der Waals surface area contributed by atoms with Gasteiger partial charge in [0, 0.05) is 45.2 Å². The van der Waals surface area contributed by atoms with Crippen LogP contribution in [0.5, 0.6) is 0 Å². The molecule has 7 heteroatoms. The summed E-state index contributed by atoms with van der Waals surface area (Å²) in [4.78, 5) is 26.3. The molecule has 3 aliphatic rings. The fourth-order valence-electron chi connectivity index (χ4n) is 4.15. The standard InChI is InChI=1S/C18H28N6O/c1-19-17-13-11-23(12-16(25)24-8-2-3-9-24)10-6-14(13)21-18(22-17)15-5-4-7-20-15/h15,20H,2-12H2,1H3,(H,19,21,22). The van der Waals surface area contributed by atoms with Gasteiger partial charge in [-0.1, -0.05) is 0 Å². The molecule has 2 N–H and O–H groups in total. The average Bonchev–Trinajstić information content (AvgIpc) is 3.34. The third-order valence-electron chi connectivity index (χ3n) is 5.58. The highest BCUT2D eigenvalue weighted by molar-refractivity contribution is 5.78. The second-order valence-electron chi connectivity index (χ2n) is 7.30. The number of hydrogen-bond donors (Lipinski definition) is 2. The highest BCUT2D eigenvalue weighted by Gasteiger charge is 2.28. The van der Waals surface area contributed by atoms with E-state index in [1.807, 2.05) is 11.9 Å². The maximum atomic E-state index is 12.4. The van der Waals surface area contributed by atoms with E-state index >= 15 is 0 Å². The van der Waals surface area contributed by atoms with Crippen LogP contribution in [-0.2, 0) is 17.8 Å². The lowest BCUT2D eigenvalue weighted by Crippen LogP contribution is -2.41. The van der Waals surface area contributed by atoms with Crippen LogP contribution in [0.25, 0.3) is 0 Å². The Kier molecular flexibility index (Phi) is 4.85. The maximum Gasteiger partial charge on any atom is 0.236 e. The number of nitrogens with one attached hydrogen (secondary N) is 2. The molecule has 1 atom stereocenters. The van der Waals surface area contributed by atoms with Crippen LogP contribution in [-0.4, -0.2) is 65.4 Å². The second-order valence-corrected chi connectivity index (χ2v) is 7.30. The summed E-state index contributed by atoms with van der Waals surface area (Å²) in [5, 5.41) is 6.73. The quantitative estimate of drug-likeness (QED) is 0.846. The van der Waals surface area contributed by atoms with Crippen molar-refractivity contribution >= 4 is 11.7 Å². The molecule has 1 aromatic rings. The number of likely N-dealkylation sites (tertiary alicyclic amines) is 1. The molecule has 1 amide bonds. The highest BCUT2D eigenvalue weighted by atomic mass is 16.2. The number of aromatic nitrogens is 2. The summed E-state index contributed by atoms with van der Waals surface area (Å²) in [7, 11) is 1.92. The molecule has 2 saturated heterocycles. The molecule has 1 aromatic heterocycles. The Morgan fingerprint density at radius 2 is 2.08 bits per heavy atom. The van der Waals surface area contributed by atoms with Gasteiger partial charge in [0.05, 0.1) is 18.3 Å². The lowest BCUT2D eigenvalue weighted by Gasteiger charge is -2.30. The smallest absolute Gasteiger partial charge is 0.236 e. The van der Waals surface area contributed by atoms with Gasteiger partial charge in [0.1, 0.15) is 11.6 Å². The number of amides is 1. The summed E-state index contributed by atoms with van der Waals surface area (Å²) in [5.41, 5.74) is 2.30. The second kappa shape index (κ2) is 7.25. The lowest BCUT2D eigenvalue weighted by molar-refractivity contribution is -0.131. The van der Waals surface area contributed by atoms with Crippen molar-refractivity contribution in [3.8, 4) is 0 Å². The Hall–Kier alpha value is -1.73. The van der Waals surface area contributed by atoms with Crippen LogP contribution in [0, 0.1) is 0 Å². The Bertz CT molecular complexity index is 619. The van der Waals surface area contributed by atoms with Crippen molar-refractivity contribution in [2.75, 3.05) is 45.1 Å². The van der Waals surface area contributed by atoms with Crippen LogP contribution >= 0.6 is 0 Å². The molecule has 136 valence electrons. The summed E-state index contributed by atoms with van der Waals surface area (Å²) in [6.07, 6.45) is 5.47. The normalized spacial score (nSPS) is 23.7. The molecule has 25 heavy (non-hydrogen) atoms. The fourth-order valence-corrected chi connectivity index (χ4v) is 4.15. The molecule has 0 radical (unpaired) electrons. The van der Waals surface area contributed by atoms with E-state index in [1.54, 1.807) is 0 Å². The van der Waals surface area contributed by atoms with Gasteiger partial charge in [-0.05, 0) is 32.2 Å². The fraction of sp³-hybridized carbons (Fsp3) is 0.722. The molecule has 0 spiro atoms. The molecule has 2 fully saturated rings. The van der Waals surface area contributed by atoms with Gasteiger partial charge in [0.2, 0.25) is 5.91 Å². The summed E-state index contributed by atoms with van der Waals surface area (Å²) < 4.78 is 0. The number of carbonyl (C=O) groups excluding carboxylic acids is 1. The minimum Gasteiger partial charge on any atom is -0.373 e. The van der Waals surface area contributed by atoms with Crippen LogP contribution in [0.2, 0.25) is 0 Å². The maximum absolute atomic E-state index is 12.4. The summed E-state index contributed by atoms with van der Waals surface area (Å²) in [6.45, 7) is 5.05. The third kappa shape index (κ3) is 3.48. The Balaban J connectivity index is 1.49. The molecule has 1 unspecified atom stereocenters. The van der Waals surface area contributed by atoms with Gasteiger partial charge in [0.15, 0.2) is 0 Å². The van der Waals surface area contributed by atoms with Gasteiger partial charge in [-0.2, -0.15) is 0 Å². The predicted octanol–water partition coefficient (Wildman–Crippen LogP) is 0.923. The molecule has 0 bridgehead atoms. The number of carbonyl (C=O) groups is 1. The molecule has 4 rings (SSSR count). The first kappa shape index (κ1) is 16.7. The van der Waals surface area contributed by atoms with E-state index in [1.165, 1.54) is 6.42 Å². The van der Waals surface area contributed by atoms with Gasteiger partial charge < -0.3 is 15.5 Å². The van der Waals surface area contributed by atoms with Crippen molar-refractivity contribution in [3.05, 3.63) is 17.1 Å². The molecule has 4 heterocycles. The largest absolute Gasteiger partial charge is 0.373 e. The minimum atomic E-state index is 0.264. The first-order valence-corrected chi connectivity index (χ1v) is 9.55. The number of hydrogen-bond acceptors (Lipinski definition) is 6. The van der Waals surface area contributed by atoms with Crippen molar-refractivity contribution in [3.63, 3.8) is 0 Å². The van der Waals surface area contributed by atoms with Crippen LogP contribution in [0.4, 0.5) is 5.82 Å². The van der Waals surface area contributed by atoms with E-state index in [9.17, 15) is 4.79 Å². The SMILES string of the molecule is CNc1nc(C2CCCN2)nc2c1CN(CC(=O)N1CCCC1)CC2. The zero-order chi connectivity index (χ0) is 17.2. The van der Waals surface area contributed by atoms with Gasteiger partial charge in [-0.15, -0.1) is 0 Å². The van der Waals surface area contributed by atoms with E-state index in [0.717, 1.165) is 81.3 Å². The first-order valence-electron chi connectivity index (χ1n) is 9.55. The molecular weight excluding hydrogens is 316 g/mol. The van der Waals surface area contributed by atoms with E-state index in [4.69, 9.17) is 9.97 Å². The van der Waals surface area contributed by atoms with E-state index in [0.29, 0.717) is 6.54 Å². The van der Waals surface area contributed by atoms with Crippen molar-refractivity contribution < 1.29 is 4.79 Å².